The van der Waals surface area contributed by atoms with Crippen LogP contribution in [0.3, 0.4) is 0 Å². The summed E-state index contributed by atoms with van der Waals surface area (Å²) < 4.78 is 5.71. The van der Waals surface area contributed by atoms with Crippen LogP contribution in [-0.2, 0) is 14.3 Å². The number of carbonyl (C=O) groups is 3. The number of hydrogen-bond donors (Lipinski definition) is 3. The first kappa shape index (κ1) is 24.8. The molecule has 1 fully saturated rings. The van der Waals surface area contributed by atoms with E-state index in [1.165, 1.54) is 11.1 Å². The lowest BCUT2D eigenvalue weighted by Gasteiger charge is -2.30. The van der Waals surface area contributed by atoms with Crippen molar-refractivity contribution in [3.05, 3.63) is 59.7 Å². The van der Waals surface area contributed by atoms with Crippen molar-refractivity contribution in [2.75, 3.05) is 13.2 Å². The Morgan fingerprint density at radius 2 is 1.57 bits per heavy atom. The maximum absolute atomic E-state index is 12.9. The molecule has 2 aromatic carbocycles. The average Bonchev–Trinajstić information content (AvgIpc) is 3.39. The van der Waals surface area contributed by atoms with E-state index in [9.17, 15) is 19.5 Å². The van der Waals surface area contributed by atoms with Crippen molar-refractivity contribution in [3.63, 3.8) is 0 Å². The van der Waals surface area contributed by atoms with Gasteiger partial charge in [-0.25, -0.2) is 4.79 Å². The number of aliphatic carboxylic acids is 1. The maximum atomic E-state index is 12.9. The van der Waals surface area contributed by atoms with E-state index in [-0.39, 0.29) is 37.3 Å². The maximum Gasteiger partial charge on any atom is 0.407 e. The quantitative estimate of drug-likeness (QED) is 0.485. The van der Waals surface area contributed by atoms with Gasteiger partial charge in [0.25, 0.3) is 0 Å². The Morgan fingerprint density at radius 1 is 1.00 bits per heavy atom. The fourth-order valence-electron chi connectivity index (χ4n) is 5.45. The highest BCUT2D eigenvalue weighted by Crippen LogP contribution is 2.44. The van der Waals surface area contributed by atoms with E-state index < -0.39 is 23.5 Å². The van der Waals surface area contributed by atoms with Gasteiger partial charge in [0.05, 0.1) is 11.5 Å². The van der Waals surface area contributed by atoms with E-state index in [0.717, 1.165) is 24.0 Å². The number of nitrogens with one attached hydrogen (secondary N) is 2. The van der Waals surface area contributed by atoms with Crippen LogP contribution in [0.4, 0.5) is 4.79 Å². The highest BCUT2D eigenvalue weighted by molar-refractivity contribution is 5.80. The Hall–Kier alpha value is -3.35. The van der Waals surface area contributed by atoms with Crippen LogP contribution in [0.2, 0.25) is 0 Å². The van der Waals surface area contributed by atoms with Gasteiger partial charge < -0.3 is 20.5 Å². The molecule has 0 aromatic heterocycles. The largest absolute Gasteiger partial charge is 0.481 e. The first-order valence-corrected chi connectivity index (χ1v) is 12.4. The molecule has 1 unspecified atom stereocenters. The Bertz CT molecular complexity index is 1040. The second kappa shape index (κ2) is 10.5. The van der Waals surface area contributed by atoms with Gasteiger partial charge in [-0.15, -0.1) is 0 Å². The lowest BCUT2D eigenvalue weighted by molar-refractivity contribution is -0.143. The first-order chi connectivity index (χ1) is 16.8. The predicted octanol–water partition coefficient (Wildman–Crippen LogP) is 4.70. The van der Waals surface area contributed by atoms with E-state index in [1.54, 1.807) is 0 Å². The van der Waals surface area contributed by atoms with Crippen LogP contribution in [0.15, 0.2) is 48.5 Å². The van der Waals surface area contributed by atoms with Crippen LogP contribution in [0.1, 0.15) is 63.0 Å². The van der Waals surface area contributed by atoms with Crippen LogP contribution in [0, 0.1) is 11.8 Å². The summed E-state index contributed by atoms with van der Waals surface area (Å²) in [5.74, 6) is -1.94. The van der Waals surface area contributed by atoms with Crippen molar-refractivity contribution in [2.24, 2.45) is 11.8 Å². The number of carboxylic acids is 1. The zero-order valence-corrected chi connectivity index (χ0v) is 20.4. The average molecular weight is 479 g/mol. The van der Waals surface area contributed by atoms with Gasteiger partial charge in [0, 0.05) is 18.9 Å². The van der Waals surface area contributed by atoms with Crippen LogP contribution in [0.25, 0.3) is 11.1 Å². The molecule has 0 spiro atoms. The number of hydrogen-bond acceptors (Lipinski definition) is 4. The molecule has 2 aromatic rings. The monoisotopic (exact) mass is 478 g/mol. The molecule has 0 radical (unpaired) electrons. The molecule has 0 bridgehead atoms. The minimum absolute atomic E-state index is 0.0278. The summed E-state index contributed by atoms with van der Waals surface area (Å²) >= 11 is 0. The lowest BCUT2D eigenvalue weighted by Crippen LogP contribution is -2.50. The van der Waals surface area contributed by atoms with Gasteiger partial charge in [-0.2, -0.15) is 0 Å². The van der Waals surface area contributed by atoms with Crippen molar-refractivity contribution in [1.29, 1.82) is 0 Å². The van der Waals surface area contributed by atoms with Gasteiger partial charge in [0.15, 0.2) is 0 Å². The summed E-state index contributed by atoms with van der Waals surface area (Å²) in [5.41, 5.74) is 3.97. The second-order valence-corrected chi connectivity index (χ2v) is 10.1. The third-order valence-electron chi connectivity index (χ3n) is 7.41. The summed E-state index contributed by atoms with van der Waals surface area (Å²) in [4.78, 5) is 37.0. The molecule has 2 aliphatic carbocycles. The highest BCUT2D eigenvalue weighted by atomic mass is 16.5. The molecule has 2 aliphatic rings. The molecule has 7 nitrogen and oxygen atoms in total. The fraction of sp³-hybridized carbons (Fsp3) is 0.464. The third kappa shape index (κ3) is 5.50. The Labute approximate surface area is 206 Å². The molecule has 186 valence electrons. The number of alkyl carbamates (subject to hydrolysis) is 1. The summed E-state index contributed by atoms with van der Waals surface area (Å²) in [5, 5.41) is 15.1. The third-order valence-corrected chi connectivity index (χ3v) is 7.41. The van der Waals surface area contributed by atoms with Crippen molar-refractivity contribution in [1.82, 2.24) is 10.6 Å². The molecule has 0 aliphatic heterocycles. The van der Waals surface area contributed by atoms with Gasteiger partial charge in [-0.3, -0.25) is 9.59 Å². The molecule has 1 atom stereocenters. The summed E-state index contributed by atoms with van der Waals surface area (Å²) in [6.07, 6.45) is 2.81. The van der Waals surface area contributed by atoms with E-state index in [0.29, 0.717) is 12.8 Å². The van der Waals surface area contributed by atoms with E-state index in [4.69, 9.17) is 4.74 Å². The zero-order valence-electron chi connectivity index (χ0n) is 20.4. The minimum Gasteiger partial charge on any atom is -0.481 e. The topological polar surface area (TPSA) is 105 Å². The number of benzene rings is 2. The normalized spacial score (nSPS) is 16.9. The van der Waals surface area contributed by atoms with Crippen molar-refractivity contribution in [3.8, 4) is 11.1 Å². The standard InChI is InChI=1S/C28H34N2O5/c1-18(2)23(26(32)33)16-29-25(31)15-28(13-7-8-14-28)30-27(34)35-17-24-21-11-5-3-9-19(21)20-10-4-6-12-22(20)24/h3-6,9-12,18,23-24H,7-8,13-17H2,1-2H3,(H,29,31)(H,30,34)(H,32,33). The lowest BCUT2D eigenvalue weighted by atomic mass is 9.92. The van der Waals surface area contributed by atoms with Crippen molar-refractivity contribution < 1.29 is 24.2 Å². The minimum atomic E-state index is -0.923. The second-order valence-electron chi connectivity index (χ2n) is 10.1. The van der Waals surface area contributed by atoms with Crippen LogP contribution < -0.4 is 10.6 Å². The Kier molecular flexibility index (Phi) is 7.43. The molecule has 2 amide bonds. The van der Waals surface area contributed by atoms with E-state index in [1.807, 2.05) is 38.1 Å². The van der Waals surface area contributed by atoms with Gasteiger partial charge in [0.1, 0.15) is 6.61 Å². The molecule has 7 heteroatoms. The first-order valence-electron chi connectivity index (χ1n) is 12.4. The Morgan fingerprint density at radius 3 is 2.11 bits per heavy atom. The number of ether oxygens (including phenoxy) is 1. The fourth-order valence-corrected chi connectivity index (χ4v) is 5.45. The van der Waals surface area contributed by atoms with Gasteiger partial charge in [0.2, 0.25) is 5.91 Å². The van der Waals surface area contributed by atoms with Crippen LogP contribution in [-0.4, -0.2) is 41.8 Å². The van der Waals surface area contributed by atoms with E-state index >= 15 is 0 Å². The van der Waals surface area contributed by atoms with Crippen LogP contribution >= 0.6 is 0 Å². The van der Waals surface area contributed by atoms with Gasteiger partial charge in [-0.05, 0) is 41.0 Å². The smallest absolute Gasteiger partial charge is 0.407 e. The SMILES string of the molecule is CC(C)C(CNC(=O)CC1(NC(=O)OCC2c3ccccc3-c3ccccc32)CCCC1)C(=O)O. The van der Waals surface area contributed by atoms with Gasteiger partial charge >= 0.3 is 12.1 Å². The number of fused-ring (bicyclic) bond motifs is 3. The molecular formula is C28H34N2O5. The molecule has 35 heavy (non-hydrogen) atoms. The van der Waals surface area contributed by atoms with Gasteiger partial charge in [-0.1, -0.05) is 75.2 Å². The summed E-state index contributed by atoms with van der Waals surface area (Å²) in [6, 6.07) is 16.4. The number of amides is 2. The predicted molar refractivity (Wildman–Crippen MR) is 133 cm³/mol. The number of rotatable bonds is 9. The van der Waals surface area contributed by atoms with Crippen molar-refractivity contribution >= 4 is 18.0 Å². The molecule has 3 N–H and O–H groups in total. The summed E-state index contributed by atoms with van der Waals surface area (Å²) in [7, 11) is 0. The molecule has 1 saturated carbocycles. The van der Waals surface area contributed by atoms with Crippen LogP contribution in [0.5, 0.6) is 0 Å². The molecule has 4 rings (SSSR count). The number of carboxylic acid groups (broad SMARTS) is 1. The molecule has 0 heterocycles. The highest BCUT2D eigenvalue weighted by Gasteiger charge is 2.38. The number of carbonyl (C=O) groups excluding carboxylic acids is 2. The summed E-state index contributed by atoms with van der Waals surface area (Å²) in [6.45, 7) is 3.94. The molecular weight excluding hydrogens is 444 g/mol. The van der Waals surface area contributed by atoms with E-state index in [2.05, 4.69) is 34.9 Å². The zero-order chi connectivity index (χ0) is 25.0. The Balaban J connectivity index is 1.36. The van der Waals surface area contributed by atoms with Crippen molar-refractivity contribution in [2.45, 2.75) is 57.4 Å². The molecule has 0 saturated heterocycles.